The molecule has 1 aliphatic rings. The van der Waals surface area contributed by atoms with Crippen LogP contribution in [0.15, 0.2) is 36.8 Å². The summed E-state index contributed by atoms with van der Waals surface area (Å²) in [6.07, 6.45) is 8.41. The summed E-state index contributed by atoms with van der Waals surface area (Å²) in [6.45, 7) is 3.98. The molecule has 0 aliphatic carbocycles. The third-order valence-electron chi connectivity index (χ3n) is 5.75. The molecule has 1 aromatic carbocycles. The molecule has 1 fully saturated rings. The summed E-state index contributed by atoms with van der Waals surface area (Å²) in [7, 11) is 0. The normalized spacial score (nSPS) is 14.2. The maximum atomic E-state index is 14.3. The van der Waals surface area contributed by atoms with Crippen molar-refractivity contribution in [1.82, 2.24) is 19.9 Å². The molecule has 0 amide bonds. The molecule has 0 saturated carbocycles. The van der Waals surface area contributed by atoms with E-state index in [-0.39, 0.29) is 39.1 Å². The van der Waals surface area contributed by atoms with E-state index in [4.69, 9.17) is 23.2 Å². The van der Waals surface area contributed by atoms with Crippen molar-refractivity contribution in [3.8, 4) is 0 Å². The van der Waals surface area contributed by atoms with Crippen molar-refractivity contribution in [1.29, 1.82) is 0 Å². The summed E-state index contributed by atoms with van der Waals surface area (Å²) in [5.74, 6) is -1.30. The van der Waals surface area contributed by atoms with Crippen LogP contribution < -0.4 is 5.32 Å². The molecule has 7 nitrogen and oxygen atoms in total. The zero-order valence-corrected chi connectivity index (χ0v) is 19.9. The van der Waals surface area contributed by atoms with Crippen molar-refractivity contribution in [3.05, 3.63) is 75.0 Å². The molecule has 0 unspecified atom stereocenters. The van der Waals surface area contributed by atoms with Gasteiger partial charge in [0.25, 0.3) is 0 Å². The molecule has 34 heavy (non-hydrogen) atoms. The molecule has 0 radical (unpaired) electrons. The van der Waals surface area contributed by atoms with Gasteiger partial charge >= 0.3 is 0 Å². The zero-order chi connectivity index (χ0) is 24.1. The van der Waals surface area contributed by atoms with Gasteiger partial charge < -0.3 is 15.2 Å². The first-order chi connectivity index (χ1) is 16.4. The summed E-state index contributed by atoms with van der Waals surface area (Å²) >= 11 is 11.8. The number of likely N-dealkylation sites (tertiary alicyclic amines) is 1. The molecule has 10 heteroatoms. The lowest BCUT2D eigenvalue weighted by Gasteiger charge is -2.26. The van der Waals surface area contributed by atoms with E-state index in [9.17, 15) is 14.0 Å². The molecular weight excluding hydrogens is 480 g/mol. The fourth-order valence-electron chi connectivity index (χ4n) is 3.89. The first-order valence-electron chi connectivity index (χ1n) is 11.1. The Labute approximate surface area is 206 Å². The number of nitrogens with one attached hydrogen (secondary N) is 2. The van der Waals surface area contributed by atoms with Crippen molar-refractivity contribution in [2.24, 2.45) is 0 Å². The minimum Gasteiger partial charge on any atom is -0.358 e. The van der Waals surface area contributed by atoms with Crippen LogP contribution in [0.1, 0.15) is 51.2 Å². The van der Waals surface area contributed by atoms with Gasteiger partial charge in [0.15, 0.2) is 17.4 Å². The number of rotatable bonds is 9. The predicted molar refractivity (Wildman–Crippen MR) is 129 cm³/mol. The number of aromatic nitrogens is 3. The van der Waals surface area contributed by atoms with E-state index in [0.29, 0.717) is 11.5 Å². The highest BCUT2D eigenvalue weighted by Gasteiger charge is 2.22. The standard InChI is InChI=1S/C24H24Cl2FN5O2/c25-17-4-5-18(26)22(27)21(17)23(34)16-11-19(29-14-16)20(33)10-15-12-30-24(31-13-15)28-6-9-32-7-2-1-3-8-32/h4-5,11-14,29H,1-3,6-10H2,(H,28,30,31). The lowest BCUT2D eigenvalue weighted by Crippen LogP contribution is -2.33. The second-order valence-corrected chi connectivity index (χ2v) is 9.01. The maximum Gasteiger partial charge on any atom is 0.222 e. The van der Waals surface area contributed by atoms with Gasteiger partial charge in [0, 0.05) is 43.7 Å². The second kappa shape index (κ2) is 11.1. The predicted octanol–water partition coefficient (Wildman–Crippen LogP) is 4.80. The highest BCUT2D eigenvalue weighted by atomic mass is 35.5. The molecule has 3 aromatic rings. The number of Topliss-reactive ketones (excluding diaryl/α,β-unsaturated/α-hetero) is 1. The molecule has 1 saturated heterocycles. The van der Waals surface area contributed by atoms with Crippen molar-refractivity contribution in [2.45, 2.75) is 25.7 Å². The number of H-pyrrole nitrogens is 1. The number of aromatic amines is 1. The lowest BCUT2D eigenvalue weighted by atomic mass is 10.0. The van der Waals surface area contributed by atoms with Crippen LogP contribution in [0.2, 0.25) is 10.0 Å². The largest absolute Gasteiger partial charge is 0.358 e. The number of benzene rings is 1. The molecule has 4 rings (SSSR count). The van der Waals surface area contributed by atoms with Crippen LogP contribution in [-0.4, -0.2) is 57.6 Å². The molecule has 0 atom stereocenters. The van der Waals surface area contributed by atoms with Gasteiger partial charge in [-0.3, -0.25) is 9.59 Å². The van der Waals surface area contributed by atoms with Gasteiger partial charge in [-0.15, -0.1) is 0 Å². The monoisotopic (exact) mass is 503 g/mol. The average molecular weight is 504 g/mol. The molecular formula is C24H24Cl2FN5O2. The number of hydrogen-bond donors (Lipinski definition) is 2. The van der Waals surface area contributed by atoms with Crippen LogP contribution in [0.3, 0.4) is 0 Å². The van der Waals surface area contributed by atoms with E-state index in [2.05, 4.69) is 25.2 Å². The van der Waals surface area contributed by atoms with Gasteiger partial charge in [-0.05, 0) is 49.7 Å². The van der Waals surface area contributed by atoms with E-state index < -0.39 is 11.6 Å². The molecule has 3 heterocycles. The van der Waals surface area contributed by atoms with E-state index in [1.54, 1.807) is 12.4 Å². The highest BCUT2D eigenvalue weighted by molar-refractivity contribution is 6.37. The van der Waals surface area contributed by atoms with Crippen LogP contribution in [-0.2, 0) is 6.42 Å². The molecule has 0 spiro atoms. The molecule has 178 valence electrons. The van der Waals surface area contributed by atoms with Crippen LogP contribution >= 0.6 is 23.2 Å². The Balaban J connectivity index is 1.34. The van der Waals surface area contributed by atoms with Crippen molar-refractivity contribution in [3.63, 3.8) is 0 Å². The van der Waals surface area contributed by atoms with E-state index >= 15 is 0 Å². The number of piperidine rings is 1. The topological polar surface area (TPSA) is 91.0 Å². The van der Waals surface area contributed by atoms with Crippen LogP contribution in [0.4, 0.5) is 10.3 Å². The summed E-state index contributed by atoms with van der Waals surface area (Å²) in [4.78, 5) is 39.1. The van der Waals surface area contributed by atoms with Crippen LogP contribution in [0.5, 0.6) is 0 Å². The quantitative estimate of drug-likeness (QED) is 0.321. The van der Waals surface area contributed by atoms with Gasteiger partial charge in [-0.1, -0.05) is 29.6 Å². The fourth-order valence-corrected chi connectivity index (χ4v) is 4.28. The lowest BCUT2D eigenvalue weighted by molar-refractivity contribution is 0.0988. The van der Waals surface area contributed by atoms with E-state index in [0.717, 1.165) is 26.2 Å². The second-order valence-electron chi connectivity index (χ2n) is 8.19. The first-order valence-corrected chi connectivity index (χ1v) is 11.8. The van der Waals surface area contributed by atoms with E-state index in [1.807, 2.05) is 0 Å². The Kier molecular flexibility index (Phi) is 7.92. The summed E-state index contributed by atoms with van der Waals surface area (Å²) in [5.41, 5.74) is 0.628. The van der Waals surface area contributed by atoms with E-state index in [1.165, 1.54) is 43.7 Å². The number of hydrogen-bond acceptors (Lipinski definition) is 6. The minimum absolute atomic E-state index is 0.0501. The number of carbonyl (C=O) groups excluding carboxylic acids is 2. The SMILES string of the molecule is O=C(Cc1cnc(NCCN2CCCCC2)nc1)c1cc(C(=O)c2c(Cl)ccc(Cl)c2F)c[nH]1. The van der Waals surface area contributed by atoms with Gasteiger partial charge in [-0.25, -0.2) is 14.4 Å². The average Bonchev–Trinajstić information content (AvgIpc) is 3.34. The maximum absolute atomic E-state index is 14.3. The summed E-state index contributed by atoms with van der Waals surface area (Å²) in [5, 5.41) is 2.95. The molecule has 0 bridgehead atoms. The summed E-state index contributed by atoms with van der Waals surface area (Å²) in [6, 6.07) is 4.00. The number of nitrogens with zero attached hydrogens (tertiary/aromatic N) is 3. The Bertz CT molecular complexity index is 1180. The van der Waals surface area contributed by atoms with Gasteiger partial charge in [-0.2, -0.15) is 0 Å². The highest BCUT2D eigenvalue weighted by Crippen LogP contribution is 2.28. The van der Waals surface area contributed by atoms with Gasteiger partial charge in [0.05, 0.1) is 21.3 Å². The third-order valence-corrected chi connectivity index (χ3v) is 6.35. The smallest absolute Gasteiger partial charge is 0.222 e. The number of halogens is 3. The number of carbonyl (C=O) groups is 2. The van der Waals surface area contributed by atoms with Crippen molar-refractivity contribution in [2.75, 3.05) is 31.5 Å². The molecule has 2 aromatic heterocycles. The minimum atomic E-state index is -0.894. The van der Waals surface area contributed by atoms with Crippen LogP contribution in [0, 0.1) is 5.82 Å². The third kappa shape index (κ3) is 5.81. The Morgan fingerprint density at radius 3 is 2.53 bits per heavy atom. The molecule has 1 aliphatic heterocycles. The van der Waals surface area contributed by atoms with Gasteiger partial charge in [0.1, 0.15) is 0 Å². The number of anilines is 1. The first kappa shape index (κ1) is 24.3. The van der Waals surface area contributed by atoms with Crippen molar-refractivity contribution >= 4 is 40.7 Å². The van der Waals surface area contributed by atoms with Gasteiger partial charge in [0.2, 0.25) is 5.95 Å². The summed E-state index contributed by atoms with van der Waals surface area (Å²) < 4.78 is 14.3. The fraction of sp³-hybridized carbons (Fsp3) is 0.333. The molecule has 2 N–H and O–H groups in total. The number of ketones is 2. The Hall–Kier alpha value is -2.81. The Morgan fingerprint density at radius 2 is 1.79 bits per heavy atom. The van der Waals surface area contributed by atoms with Crippen LogP contribution in [0.25, 0.3) is 0 Å². The van der Waals surface area contributed by atoms with Crippen molar-refractivity contribution < 1.29 is 14.0 Å². The zero-order valence-electron chi connectivity index (χ0n) is 18.4. The Morgan fingerprint density at radius 1 is 1.09 bits per heavy atom.